The van der Waals surface area contributed by atoms with E-state index in [-0.39, 0.29) is 6.03 Å². The fourth-order valence-electron chi connectivity index (χ4n) is 1.75. The van der Waals surface area contributed by atoms with Gasteiger partial charge in [0.15, 0.2) is 0 Å². The zero-order chi connectivity index (χ0) is 10.7. The Labute approximate surface area is 89.1 Å². The molecular weight excluding hydrogens is 190 g/mol. The molecular formula is C11H15N3O. The number of anilines is 1. The van der Waals surface area contributed by atoms with E-state index >= 15 is 0 Å². The van der Waals surface area contributed by atoms with Crippen LogP contribution in [0.4, 0.5) is 10.5 Å². The zero-order valence-electron chi connectivity index (χ0n) is 8.76. The van der Waals surface area contributed by atoms with Crippen LogP contribution in [0.2, 0.25) is 0 Å². The molecule has 1 aromatic carbocycles. The molecule has 4 heteroatoms. The fourth-order valence-corrected chi connectivity index (χ4v) is 1.75. The number of benzene rings is 1. The molecule has 0 saturated heterocycles. The Balaban J connectivity index is 2.17. The minimum absolute atomic E-state index is 0.182. The largest absolute Gasteiger partial charge is 0.341 e. The van der Waals surface area contributed by atoms with Gasteiger partial charge in [-0.1, -0.05) is 6.07 Å². The molecule has 0 spiro atoms. The first kappa shape index (κ1) is 9.98. The van der Waals surface area contributed by atoms with E-state index in [9.17, 15) is 4.79 Å². The van der Waals surface area contributed by atoms with E-state index in [4.69, 9.17) is 0 Å². The lowest BCUT2D eigenvalue weighted by Crippen LogP contribution is -2.26. The minimum atomic E-state index is -0.182. The number of hydrogen-bond acceptors (Lipinski definition) is 2. The third-order valence-electron chi connectivity index (χ3n) is 2.58. The molecule has 0 saturated carbocycles. The third kappa shape index (κ3) is 2.27. The van der Waals surface area contributed by atoms with Gasteiger partial charge in [-0.2, -0.15) is 0 Å². The first-order valence-electron chi connectivity index (χ1n) is 5.11. The summed E-state index contributed by atoms with van der Waals surface area (Å²) in [6.07, 6.45) is 1.07. The van der Waals surface area contributed by atoms with Gasteiger partial charge in [0, 0.05) is 19.3 Å². The van der Waals surface area contributed by atoms with E-state index in [0.717, 1.165) is 25.2 Å². The maximum atomic E-state index is 11.1. The molecule has 15 heavy (non-hydrogen) atoms. The van der Waals surface area contributed by atoms with E-state index in [1.54, 1.807) is 7.05 Å². The van der Waals surface area contributed by atoms with E-state index in [0.29, 0.717) is 0 Å². The van der Waals surface area contributed by atoms with Gasteiger partial charge in [-0.05, 0) is 36.2 Å². The van der Waals surface area contributed by atoms with Gasteiger partial charge in [0.25, 0.3) is 0 Å². The van der Waals surface area contributed by atoms with Crippen LogP contribution in [0, 0.1) is 0 Å². The van der Waals surface area contributed by atoms with E-state index in [1.165, 1.54) is 11.1 Å². The van der Waals surface area contributed by atoms with Crippen molar-refractivity contribution in [3.8, 4) is 0 Å². The molecule has 1 aliphatic rings. The summed E-state index contributed by atoms with van der Waals surface area (Å²) in [4.78, 5) is 11.1. The number of carbonyl (C=O) groups excluding carboxylic acids is 1. The smallest absolute Gasteiger partial charge is 0.318 e. The van der Waals surface area contributed by atoms with Crippen molar-refractivity contribution < 1.29 is 4.79 Å². The molecule has 0 fully saturated rings. The Bertz CT molecular complexity index is 376. The summed E-state index contributed by atoms with van der Waals surface area (Å²) < 4.78 is 0. The highest BCUT2D eigenvalue weighted by molar-refractivity contribution is 5.89. The Hall–Kier alpha value is -1.55. The second kappa shape index (κ2) is 4.31. The Morgan fingerprint density at radius 1 is 1.40 bits per heavy atom. The number of rotatable bonds is 1. The van der Waals surface area contributed by atoms with Crippen molar-refractivity contribution in [2.45, 2.75) is 13.0 Å². The van der Waals surface area contributed by atoms with Crippen LogP contribution in [0.25, 0.3) is 0 Å². The second-order valence-electron chi connectivity index (χ2n) is 3.61. The number of hydrogen-bond donors (Lipinski definition) is 3. The number of fused-ring (bicyclic) bond motifs is 1. The number of carbonyl (C=O) groups is 1. The first-order valence-corrected chi connectivity index (χ1v) is 5.11. The topological polar surface area (TPSA) is 53.2 Å². The van der Waals surface area contributed by atoms with Gasteiger partial charge < -0.3 is 16.0 Å². The molecule has 0 atom stereocenters. The van der Waals surface area contributed by atoms with Gasteiger partial charge in [-0.25, -0.2) is 4.79 Å². The molecule has 0 bridgehead atoms. The summed E-state index contributed by atoms with van der Waals surface area (Å²) in [6.45, 7) is 1.92. The van der Waals surface area contributed by atoms with Gasteiger partial charge in [-0.3, -0.25) is 0 Å². The average molecular weight is 205 g/mol. The third-order valence-corrected chi connectivity index (χ3v) is 2.58. The summed E-state index contributed by atoms with van der Waals surface area (Å²) in [5.41, 5.74) is 3.49. The van der Waals surface area contributed by atoms with Crippen molar-refractivity contribution in [1.82, 2.24) is 10.6 Å². The van der Waals surface area contributed by atoms with E-state index < -0.39 is 0 Å². The Kier molecular flexibility index (Phi) is 2.87. The van der Waals surface area contributed by atoms with Crippen LogP contribution in [0.5, 0.6) is 0 Å². The van der Waals surface area contributed by atoms with Crippen LogP contribution < -0.4 is 16.0 Å². The lowest BCUT2D eigenvalue weighted by Gasteiger charge is -2.17. The molecule has 0 aromatic heterocycles. The number of amides is 2. The fraction of sp³-hybridized carbons (Fsp3) is 0.364. The molecule has 0 unspecified atom stereocenters. The predicted octanol–water partition coefficient (Wildman–Crippen LogP) is 1.08. The molecule has 1 heterocycles. The molecule has 4 nitrogen and oxygen atoms in total. The van der Waals surface area contributed by atoms with Crippen molar-refractivity contribution in [3.63, 3.8) is 0 Å². The lowest BCUT2D eigenvalue weighted by molar-refractivity contribution is 0.254. The summed E-state index contributed by atoms with van der Waals surface area (Å²) >= 11 is 0. The van der Waals surface area contributed by atoms with E-state index in [1.807, 2.05) is 12.1 Å². The second-order valence-corrected chi connectivity index (χ2v) is 3.61. The molecule has 80 valence electrons. The van der Waals surface area contributed by atoms with Gasteiger partial charge in [0.2, 0.25) is 0 Å². The highest BCUT2D eigenvalue weighted by Crippen LogP contribution is 2.18. The van der Waals surface area contributed by atoms with Crippen LogP contribution in [-0.2, 0) is 13.0 Å². The van der Waals surface area contributed by atoms with Crippen molar-refractivity contribution in [2.24, 2.45) is 0 Å². The zero-order valence-corrected chi connectivity index (χ0v) is 8.76. The predicted molar refractivity (Wildman–Crippen MR) is 59.9 cm³/mol. The summed E-state index contributed by atoms with van der Waals surface area (Å²) in [5.74, 6) is 0. The molecule has 0 radical (unpaired) electrons. The minimum Gasteiger partial charge on any atom is -0.341 e. The molecule has 1 aromatic rings. The molecule has 1 aliphatic heterocycles. The van der Waals surface area contributed by atoms with Crippen molar-refractivity contribution >= 4 is 11.7 Å². The van der Waals surface area contributed by atoms with Gasteiger partial charge in [0.1, 0.15) is 0 Å². The van der Waals surface area contributed by atoms with Crippen LogP contribution in [0.1, 0.15) is 11.1 Å². The van der Waals surface area contributed by atoms with Crippen molar-refractivity contribution in [2.75, 3.05) is 18.9 Å². The van der Waals surface area contributed by atoms with Gasteiger partial charge in [-0.15, -0.1) is 0 Å². The highest BCUT2D eigenvalue weighted by Gasteiger charge is 2.09. The first-order chi connectivity index (χ1) is 7.29. The van der Waals surface area contributed by atoms with Gasteiger partial charge >= 0.3 is 6.03 Å². The standard InChI is InChI=1S/C11H15N3O/c1-12-11(15)14-10-3-2-8-4-5-13-7-9(8)6-10/h2-3,6,13H,4-5,7H2,1H3,(H2,12,14,15). The highest BCUT2D eigenvalue weighted by atomic mass is 16.2. The summed E-state index contributed by atoms with van der Waals surface area (Å²) in [6, 6.07) is 5.87. The average Bonchev–Trinajstić information content (AvgIpc) is 2.29. The quantitative estimate of drug-likeness (QED) is 0.642. The van der Waals surface area contributed by atoms with E-state index in [2.05, 4.69) is 22.0 Å². The molecule has 2 amide bonds. The summed E-state index contributed by atoms with van der Waals surface area (Å²) in [5, 5.41) is 8.60. The monoisotopic (exact) mass is 205 g/mol. The molecule has 3 N–H and O–H groups in total. The van der Waals surface area contributed by atoms with Gasteiger partial charge in [0.05, 0.1) is 0 Å². The van der Waals surface area contributed by atoms with Crippen LogP contribution in [-0.4, -0.2) is 19.6 Å². The van der Waals surface area contributed by atoms with Crippen LogP contribution in [0.15, 0.2) is 18.2 Å². The lowest BCUT2D eigenvalue weighted by atomic mass is 10.0. The Morgan fingerprint density at radius 2 is 2.27 bits per heavy atom. The SMILES string of the molecule is CNC(=O)Nc1ccc2c(c1)CNCC2. The summed E-state index contributed by atoms with van der Waals surface area (Å²) in [7, 11) is 1.61. The Morgan fingerprint density at radius 3 is 3.07 bits per heavy atom. The maximum absolute atomic E-state index is 11.1. The maximum Gasteiger partial charge on any atom is 0.318 e. The van der Waals surface area contributed by atoms with Crippen LogP contribution in [0.3, 0.4) is 0 Å². The number of nitrogens with one attached hydrogen (secondary N) is 3. The normalized spacial score (nSPS) is 14.2. The van der Waals surface area contributed by atoms with Crippen molar-refractivity contribution in [3.05, 3.63) is 29.3 Å². The molecule has 2 rings (SSSR count). The number of urea groups is 1. The molecule has 0 aliphatic carbocycles. The van der Waals surface area contributed by atoms with Crippen molar-refractivity contribution in [1.29, 1.82) is 0 Å². The van der Waals surface area contributed by atoms with Crippen LogP contribution >= 0.6 is 0 Å².